The van der Waals surface area contributed by atoms with E-state index in [1.54, 1.807) is 0 Å². The van der Waals surface area contributed by atoms with Crippen molar-refractivity contribution >= 4 is 23.2 Å². The predicted octanol–water partition coefficient (Wildman–Crippen LogP) is 2.26. The number of halogens is 2. The lowest BCUT2D eigenvalue weighted by atomic mass is 10.5. The monoisotopic (exact) mass is 261 g/mol. The van der Waals surface area contributed by atoms with Gasteiger partial charge in [-0.1, -0.05) is 11.6 Å². The summed E-state index contributed by atoms with van der Waals surface area (Å²) in [6.07, 6.45) is 4.02. The molecule has 16 heavy (non-hydrogen) atoms. The first kappa shape index (κ1) is 11.9. The largest absolute Gasteiger partial charge is 0.475 e. The summed E-state index contributed by atoms with van der Waals surface area (Å²) in [4.78, 5) is 9.94. The minimum absolute atomic E-state index is 0.148. The number of hydrogen-bond donors (Lipinski definition) is 0. The first-order valence-corrected chi connectivity index (χ1v) is 5.93. The van der Waals surface area contributed by atoms with Crippen molar-refractivity contribution < 1.29 is 4.74 Å². The second kappa shape index (κ2) is 5.17. The third-order valence-electron chi connectivity index (χ3n) is 2.54. The Kier molecular flexibility index (Phi) is 3.84. The molecule has 0 N–H and O–H groups in total. The van der Waals surface area contributed by atoms with Crippen LogP contribution in [0.25, 0.3) is 0 Å². The van der Waals surface area contributed by atoms with Gasteiger partial charge in [0.1, 0.15) is 11.6 Å². The third kappa shape index (κ3) is 3.20. The fraction of sp³-hybridized carbons (Fsp3) is 0.600. The molecule has 1 saturated carbocycles. The highest BCUT2D eigenvalue weighted by Crippen LogP contribution is 2.25. The fourth-order valence-electron chi connectivity index (χ4n) is 1.42. The first-order chi connectivity index (χ1) is 7.66. The Balaban J connectivity index is 1.81. The van der Waals surface area contributed by atoms with Gasteiger partial charge >= 0.3 is 0 Å². The molecule has 0 saturated heterocycles. The normalized spacial score (nSPS) is 15.5. The minimum Gasteiger partial charge on any atom is -0.475 e. The van der Waals surface area contributed by atoms with E-state index in [1.165, 1.54) is 19.0 Å². The van der Waals surface area contributed by atoms with E-state index >= 15 is 0 Å². The molecule has 0 unspecified atom stereocenters. The molecule has 1 fully saturated rings. The Morgan fingerprint density at radius 3 is 2.94 bits per heavy atom. The van der Waals surface area contributed by atoms with Crippen LogP contribution in [0.15, 0.2) is 6.20 Å². The molecule has 4 nitrogen and oxygen atoms in total. The van der Waals surface area contributed by atoms with E-state index in [0.717, 1.165) is 12.6 Å². The average Bonchev–Trinajstić information content (AvgIpc) is 3.06. The first-order valence-electron chi connectivity index (χ1n) is 5.18. The zero-order chi connectivity index (χ0) is 11.5. The van der Waals surface area contributed by atoms with Crippen LogP contribution in [0.2, 0.25) is 10.3 Å². The molecule has 6 heteroatoms. The summed E-state index contributed by atoms with van der Waals surface area (Å²) in [6.45, 7) is 1.42. The molecule has 0 aromatic carbocycles. The lowest BCUT2D eigenvalue weighted by Gasteiger charge is -2.15. The molecule has 0 aliphatic heterocycles. The van der Waals surface area contributed by atoms with Crippen LogP contribution in [0.1, 0.15) is 12.8 Å². The quantitative estimate of drug-likeness (QED) is 0.763. The van der Waals surface area contributed by atoms with Gasteiger partial charge in [-0.05, 0) is 31.5 Å². The van der Waals surface area contributed by atoms with Gasteiger partial charge in [-0.3, -0.25) is 0 Å². The molecule has 0 radical (unpaired) electrons. The van der Waals surface area contributed by atoms with E-state index in [1.807, 2.05) is 0 Å². The van der Waals surface area contributed by atoms with E-state index in [-0.39, 0.29) is 5.28 Å². The van der Waals surface area contributed by atoms with Crippen molar-refractivity contribution in [2.45, 2.75) is 18.9 Å². The van der Waals surface area contributed by atoms with Gasteiger partial charge in [-0.15, -0.1) is 0 Å². The van der Waals surface area contributed by atoms with Gasteiger partial charge in [0, 0.05) is 12.6 Å². The van der Waals surface area contributed by atoms with Crippen molar-refractivity contribution in [2.24, 2.45) is 0 Å². The molecule has 0 amide bonds. The van der Waals surface area contributed by atoms with E-state index in [0.29, 0.717) is 17.5 Å². The molecular formula is C10H13Cl2N3O. The van der Waals surface area contributed by atoms with Crippen molar-refractivity contribution in [3.8, 4) is 5.88 Å². The summed E-state index contributed by atoms with van der Waals surface area (Å²) in [7, 11) is 2.09. The van der Waals surface area contributed by atoms with Crippen molar-refractivity contribution in [1.29, 1.82) is 0 Å². The minimum atomic E-state index is 0.148. The van der Waals surface area contributed by atoms with Crippen LogP contribution >= 0.6 is 23.2 Å². The van der Waals surface area contributed by atoms with Crippen LogP contribution in [-0.4, -0.2) is 41.1 Å². The smallest absolute Gasteiger partial charge is 0.237 e. The third-order valence-corrected chi connectivity index (χ3v) is 2.98. The zero-order valence-electron chi connectivity index (χ0n) is 8.99. The molecule has 1 aromatic heterocycles. The lowest BCUT2D eigenvalue weighted by Crippen LogP contribution is -2.26. The second-order valence-electron chi connectivity index (χ2n) is 3.85. The molecule has 1 aliphatic rings. The van der Waals surface area contributed by atoms with Gasteiger partial charge in [0.15, 0.2) is 0 Å². The van der Waals surface area contributed by atoms with E-state index < -0.39 is 0 Å². The Morgan fingerprint density at radius 2 is 2.25 bits per heavy atom. The van der Waals surface area contributed by atoms with E-state index in [9.17, 15) is 0 Å². The topological polar surface area (TPSA) is 38.2 Å². The second-order valence-corrected chi connectivity index (χ2v) is 4.60. The van der Waals surface area contributed by atoms with Gasteiger partial charge in [-0.25, -0.2) is 4.98 Å². The average molecular weight is 262 g/mol. The Labute approximate surface area is 105 Å². The standard InChI is InChI=1S/C10H13Cl2N3O/c1-15(7-2-3-7)4-5-16-9-8(11)6-13-10(12)14-9/h6-7H,2-5H2,1H3. The highest BCUT2D eigenvalue weighted by atomic mass is 35.5. The maximum atomic E-state index is 5.86. The molecule has 0 bridgehead atoms. The van der Waals surface area contributed by atoms with Gasteiger partial charge in [0.05, 0.1) is 6.20 Å². The molecule has 1 aromatic rings. The summed E-state index contributed by atoms with van der Waals surface area (Å²) < 4.78 is 5.46. The van der Waals surface area contributed by atoms with Crippen LogP contribution < -0.4 is 4.74 Å². The number of likely N-dealkylation sites (N-methyl/N-ethyl adjacent to an activating group) is 1. The number of ether oxygens (including phenoxy) is 1. The maximum absolute atomic E-state index is 5.86. The number of rotatable bonds is 5. The highest BCUT2D eigenvalue weighted by molar-refractivity contribution is 6.32. The number of nitrogens with zero attached hydrogens (tertiary/aromatic N) is 3. The van der Waals surface area contributed by atoms with Crippen LogP contribution in [-0.2, 0) is 0 Å². The Hall–Kier alpha value is -0.580. The van der Waals surface area contributed by atoms with Crippen LogP contribution in [0.4, 0.5) is 0 Å². The van der Waals surface area contributed by atoms with Crippen molar-refractivity contribution in [2.75, 3.05) is 20.2 Å². The molecule has 88 valence electrons. The molecule has 1 heterocycles. The van der Waals surface area contributed by atoms with Crippen LogP contribution in [0, 0.1) is 0 Å². The van der Waals surface area contributed by atoms with Gasteiger partial charge in [0.2, 0.25) is 11.2 Å². The summed E-state index contributed by atoms with van der Waals surface area (Å²) in [5.41, 5.74) is 0. The molecular weight excluding hydrogens is 249 g/mol. The summed E-state index contributed by atoms with van der Waals surface area (Å²) in [5, 5.41) is 0.536. The molecule has 0 spiro atoms. The van der Waals surface area contributed by atoms with Crippen molar-refractivity contribution in [3.63, 3.8) is 0 Å². The number of hydrogen-bond acceptors (Lipinski definition) is 4. The van der Waals surface area contributed by atoms with E-state index in [2.05, 4.69) is 21.9 Å². The summed E-state index contributed by atoms with van der Waals surface area (Å²) in [5.74, 6) is 0.353. The molecule has 0 atom stereocenters. The number of aromatic nitrogens is 2. The summed E-state index contributed by atoms with van der Waals surface area (Å²) in [6, 6.07) is 0.730. The van der Waals surface area contributed by atoms with E-state index in [4.69, 9.17) is 27.9 Å². The molecule has 1 aliphatic carbocycles. The van der Waals surface area contributed by atoms with Crippen LogP contribution in [0.3, 0.4) is 0 Å². The summed E-state index contributed by atoms with van der Waals surface area (Å²) >= 11 is 11.5. The lowest BCUT2D eigenvalue weighted by molar-refractivity contribution is 0.226. The Bertz CT molecular complexity index is 371. The highest BCUT2D eigenvalue weighted by Gasteiger charge is 2.25. The predicted molar refractivity (Wildman–Crippen MR) is 63.2 cm³/mol. The molecule has 2 rings (SSSR count). The van der Waals surface area contributed by atoms with Gasteiger partial charge in [-0.2, -0.15) is 4.98 Å². The Morgan fingerprint density at radius 1 is 1.50 bits per heavy atom. The van der Waals surface area contributed by atoms with Crippen molar-refractivity contribution in [1.82, 2.24) is 14.9 Å². The maximum Gasteiger partial charge on any atom is 0.237 e. The fourth-order valence-corrected chi connectivity index (χ4v) is 1.69. The van der Waals surface area contributed by atoms with Crippen LogP contribution in [0.5, 0.6) is 5.88 Å². The van der Waals surface area contributed by atoms with Crippen molar-refractivity contribution in [3.05, 3.63) is 16.5 Å². The van der Waals surface area contributed by atoms with Gasteiger partial charge in [0.25, 0.3) is 0 Å². The van der Waals surface area contributed by atoms with Gasteiger partial charge < -0.3 is 9.64 Å². The SMILES string of the molecule is CN(CCOc1nc(Cl)ncc1Cl)C1CC1. The zero-order valence-corrected chi connectivity index (χ0v) is 10.5.